The van der Waals surface area contributed by atoms with Crippen LogP contribution in [0.25, 0.3) is 53.2 Å². The lowest BCUT2D eigenvalue weighted by molar-refractivity contribution is 0.445. The molecule has 0 amide bonds. The SMILES string of the molecule is CC(C)(C)c1cc(N(c2ccc(-c3cccc4c3sc3ccccc34)cc2)c2ccccc2-c2cccc3cccc(C4CCCCC4)c23)cc(C(C)(C)C)c1. The molecule has 2 heteroatoms. The molecule has 0 atom stereocenters. The van der Waals surface area contributed by atoms with E-state index in [-0.39, 0.29) is 10.8 Å². The van der Waals surface area contributed by atoms with Crippen molar-refractivity contribution >= 4 is 59.3 Å². The molecule has 1 heterocycles. The van der Waals surface area contributed by atoms with Gasteiger partial charge in [-0.25, -0.2) is 0 Å². The van der Waals surface area contributed by atoms with E-state index in [4.69, 9.17) is 0 Å². The first-order valence-corrected chi connectivity index (χ1v) is 21.4. The van der Waals surface area contributed by atoms with Gasteiger partial charge in [-0.3, -0.25) is 0 Å². The van der Waals surface area contributed by atoms with Crippen molar-refractivity contribution < 1.29 is 0 Å². The zero-order valence-electron chi connectivity index (χ0n) is 33.8. The van der Waals surface area contributed by atoms with Gasteiger partial charge in [-0.05, 0) is 110 Å². The lowest BCUT2D eigenvalue weighted by Gasteiger charge is -2.32. The van der Waals surface area contributed by atoms with E-state index in [1.165, 1.54) is 113 Å². The summed E-state index contributed by atoms with van der Waals surface area (Å²) in [5.41, 5.74) is 12.8. The summed E-state index contributed by atoms with van der Waals surface area (Å²) in [5.74, 6) is 0.604. The quantitative estimate of drug-likeness (QED) is 0.164. The van der Waals surface area contributed by atoms with Gasteiger partial charge in [0.1, 0.15) is 0 Å². The third-order valence-corrected chi connectivity index (χ3v) is 13.4. The maximum absolute atomic E-state index is 2.53. The Balaban J connectivity index is 1.26. The maximum Gasteiger partial charge on any atom is 0.0540 e. The lowest BCUT2D eigenvalue weighted by Crippen LogP contribution is -2.19. The largest absolute Gasteiger partial charge is 0.310 e. The number of nitrogens with zero attached hydrogens (tertiary/aromatic N) is 1. The summed E-state index contributed by atoms with van der Waals surface area (Å²) < 4.78 is 2.68. The van der Waals surface area contributed by atoms with Crippen LogP contribution in [-0.2, 0) is 10.8 Å². The van der Waals surface area contributed by atoms with Gasteiger partial charge in [-0.1, -0.05) is 170 Å². The fourth-order valence-electron chi connectivity index (χ4n) is 9.04. The van der Waals surface area contributed by atoms with Gasteiger partial charge >= 0.3 is 0 Å². The molecule has 0 bridgehead atoms. The van der Waals surface area contributed by atoms with Crippen molar-refractivity contribution in [2.45, 2.75) is 90.4 Å². The smallest absolute Gasteiger partial charge is 0.0540 e. The molecule has 0 aliphatic heterocycles. The number of benzene rings is 7. The van der Waals surface area contributed by atoms with Crippen LogP contribution in [0.1, 0.15) is 96.3 Å². The molecule has 0 unspecified atom stereocenters. The van der Waals surface area contributed by atoms with Gasteiger partial charge in [0.05, 0.1) is 5.69 Å². The third kappa shape index (κ3) is 6.73. The van der Waals surface area contributed by atoms with Crippen molar-refractivity contribution in [1.29, 1.82) is 0 Å². The van der Waals surface area contributed by atoms with Gasteiger partial charge in [-0.2, -0.15) is 0 Å². The fraction of sp³-hybridized carbons (Fsp3) is 0.259. The Hall–Kier alpha value is -5.18. The van der Waals surface area contributed by atoms with Crippen LogP contribution in [0.5, 0.6) is 0 Å². The molecule has 1 nitrogen and oxygen atoms in total. The number of anilines is 3. The Morgan fingerprint density at radius 1 is 0.518 bits per heavy atom. The number of rotatable bonds is 6. The Labute approximate surface area is 337 Å². The Morgan fingerprint density at radius 3 is 1.86 bits per heavy atom. The van der Waals surface area contributed by atoms with Gasteiger partial charge in [0.25, 0.3) is 0 Å². The van der Waals surface area contributed by atoms with Gasteiger partial charge < -0.3 is 4.90 Å². The van der Waals surface area contributed by atoms with Gasteiger partial charge in [0.15, 0.2) is 0 Å². The highest BCUT2D eigenvalue weighted by atomic mass is 32.1. The molecule has 1 aromatic heterocycles. The molecular formula is C54H53NS. The van der Waals surface area contributed by atoms with Crippen molar-refractivity contribution in [3.8, 4) is 22.3 Å². The predicted octanol–water partition coefficient (Wildman–Crippen LogP) is 16.7. The Kier molecular flexibility index (Phi) is 9.37. The number of hydrogen-bond acceptors (Lipinski definition) is 2. The van der Waals surface area contributed by atoms with Crippen molar-refractivity contribution in [3.63, 3.8) is 0 Å². The third-order valence-electron chi connectivity index (χ3n) is 12.2. The number of thiophene rings is 1. The average Bonchev–Trinajstić information content (AvgIpc) is 3.60. The van der Waals surface area contributed by atoms with Crippen LogP contribution >= 0.6 is 11.3 Å². The first-order valence-electron chi connectivity index (χ1n) is 20.6. The number of para-hydroxylation sites is 1. The topological polar surface area (TPSA) is 3.24 Å². The summed E-state index contributed by atoms with van der Waals surface area (Å²) in [6.07, 6.45) is 6.55. The predicted molar refractivity (Wildman–Crippen MR) is 246 cm³/mol. The molecule has 1 fully saturated rings. The van der Waals surface area contributed by atoms with Crippen molar-refractivity contribution in [2.75, 3.05) is 4.90 Å². The Bertz CT molecular complexity index is 2650. The summed E-state index contributed by atoms with van der Waals surface area (Å²) in [4.78, 5) is 2.53. The standard InChI is InChI=1S/C54H53NS/c1-53(2,3)39-33-40(54(4,5)6)35-42(34-39)55(41-31-29-37(30-32-41)44-24-16-26-48-46-22-11-13-28-50(46)56-52(44)48)49-27-12-10-21-45(49)47-25-15-20-38-19-14-23-43(51(38)47)36-17-8-7-9-18-36/h10-16,19-36H,7-9,17-18H2,1-6H3. The van der Waals surface area contributed by atoms with E-state index in [1.807, 2.05) is 11.3 Å². The van der Waals surface area contributed by atoms with E-state index in [2.05, 4.69) is 192 Å². The van der Waals surface area contributed by atoms with E-state index in [9.17, 15) is 0 Å². The molecule has 0 saturated heterocycles. The van der Waals surface area contributed by atoms with Crippen LogP contribution in [0.4, 0.5) is 17.1 Å². The molecule has 1 aliphatic rings. The minimum absolute atomic E-state index is 0.0154. The van der Waals surface area contributed by atoms with Gasteiger partial charge in [0, 0.05) is 37.1 Å². The highest BCUT2D eigenvalue weighted by Gasteiger charge is 2.26. The van der Waals surface area contributed by atoms with Crippen LogP contribution in [0.2, 0.25) is 0 Å². The first-order chi connectivity index (χ1) is 27.0. The molecule has 8 aromatic rings. The summed E-state index contributed by atoms with van der Waals surface area (Å²) in [6.45, 7) is 14.0. The number of fused-ring (bicyclic) bond motifs is 4. The highest BCUT2D eigenvalue weighted by Crippen LogP contribution is 2.48. The van der Waals surface area contributed by atoms with Crippen molar-refractivity contribution in [1.82, 2.24) is 0 Å². The zero-order chi connectivity index (χ0) is 38.6. The normalized spacial score (nSPS) is 14.2. The van der Waals surface area contributed by atoms with E-state index in [0.717, 1.165) is 5.69 Å². The van der Waals surface area contributed by atoms with E-state index < -0.39 is 0 Å². The second kappa shape index (κ2) is 14.4. The van der Waals surface area contributed by atoms with Gasteiger partial charge in [0.2, 0.25) is 0 Å². The highest BCUT2D eigenvalue weighted by molar-refractivity contribution is 7.26. The maximum atomic E-state index is 2.53. The van der Waals surface area contributed by atoms with E-state index >= 15 is 0 Å². The van der Waals surface area contributed by atoms with Gasteiger partial charge in [-0.15, -0.1) is 11.3 Å². The molecule has 0 N–H and O–H groups in total. The molecule has 9 rings (SSSR count). The minimum atomic E-state index is -0.0154. The van der Waals surface area contributed by atoms with Crippen LogP contribution in [0.15, 0.2) is 146 Å². The second-order valence-electron chi connectivity index (χ2n) is 18.0. The second-order valence-corrected chi connectivity index (χ2v) is 19.1. The molecule has 7 aromatic carbocycles. The Morgan fingerprint density at radius 2 is 1.12 bits per heavy atom. The molecule has 280 valence electrons. The molecule has 0 spiro atoms. The van der Waals surface area contributed by atoms with E-state index in [1.54, 1.807) is 0 Å². The molecule has 0 radical (unpaired) electrons. The van der Waals surface area contributed by atoms with Crippen LogP contribution < -0.4 is 4.90 Å². The minimum Gasteiger partial charge on any atom is -0.310 e. The van der Waals surface area contributed by atoms with Crippen LogP contribution in [0.3, 0.4) is 0 Å². The van der Waals surface area contributed by atoms with E-state index in [0.29, 0.717) is 5.92 Å². The van der Waals surface area contributed by atoms with Crippen LogP contribution in [0, 0.1) is 0 Å². The number of hydrogen-bond donors (Lipinski definition) is 0. The van der Waals surface area contributed by atoms with Crippen molar-refractivity contribution in [2.24, 2.45) is 0 Å². The summed E-state index contributed by atoms with van der Waals surface area (Å²) in [6, 6.07) is 55.3. The molecule has 1 aliphatic carbocycles. The summed E-state index contributed by atoms with van der Waals surface area (Å²) in [5, 5.41) is 5.41. The van der Waals surface area contributed by atoms with Crippen molar-refractivity contribution in [3.05, 3.63) is 162 Å². The first kappa shape index (κ1) is 36.5. The molecule has 1 saturated carbocycles. The zero-order valence-corrected chi connectivity index (χ0v) is 34.6. The summed E-state index contributed by atoms with van der Waals surface area (Å²) >= 11 is 1.90. The molecular weight excluding hydrogens is 695 g/mol. The van der Waals surface area contributed by atoms with Crippen LogP contribution in [-0.4, -0.2) is 0 Å². The fourth-order valence-corrected chi connectivity index (χ4v) is 10.3. The average molecular weight is 748 g/mol. The molecule has 56 heavy (non-hydrogen) atoms. The summed E-state index contributed by atoms with van der Waals surface area (Å²) in [7, 11) is 0. The monoisotopic (exact) mass is 747 g/mol. The lowest BCUT2D eigenvalue weighted by atomic mass is 9.80.